The molecule has 6 heteroatoms. The number of ether oxygens (including phenoxy) is 2. The maximum atomic E-state index is 11.3. The number of hydrogen-bond acceptors (Lipinski definition) is 5. The largest absolute Gasteiger partial charge is 0.497 e. The second-order valence-electron chi connectivity index (χ2n) is 4.07. The summed E-state index contributed by atoms with van der Waals surface area (Å²) in [6.07, 6.45) is 0.429. The number of aliphatic hydroxyl groups is 1. The SMILES string of the molecule is CCS(=O)(=O)CCCOc1cc(OC)ccc1CO. The first kappa shape index (κ1) is 15.8. The lowest BCUT2D eigenvalue weighted by Gasteiger charge is -2.11. The molecule has 0 fully saturated rings. The third-order valence-corrected chi connectivity index (χ3v) is 4.53. The molecule has 1 rings (SSSR count). The molecular formula is C13H20O5S. The molecule has 0 aliphatic heterocycles. The third kappa shape index (κ3) is 5.08. The Hall–Kier alpha value is -1.27. The van der Waals surface area contributed by atoms with Crippen LogP contribution in [-0.4, -0.2) is 38.7 Å². The minimum Gasteiger partial charge on any atom is -0.497 e. The van der Waals surface area contributed by atoms with Crippen LogP contribution >= 0.6 is 0 Å². The van der Waals surface area contributed by atoms with Crippen LogP contribution < -0.4 is 9.47 Å². The van der Waals surface area contributed by atoms with Gasteiger partial charge in [-0.05, 0) is 18.6 Å². The number of sulfone groups is 1. The van der Waals surface area contributed by atoms with E-state index < -0.39 is 9.84 Å². The highest BCUT2D eigenvalue weighted by Crippen LogP contribution is 2.25. The molecule has 0 radical (unpaired) electrons. The Labute approximate surface area is 114 Å². The Kier molecular flexibility index (Phi) is 6.11. The van der Waals surface area contributed by atoms with Crippen LogP contribution in [0.1, 0.15) is 18.9 Å². The molecule has 0 aromatic heterocycles. The number of rotatable bonds is 8. The summed E-state index contributed by atoms with van der Waals surface area (Å²) in [5, 5.41) is 9.19. The molecule has 108 valence electrons. The van der Waals surface area contributed by atoms with Crippen molar-refractivity contribution in [3.63, 3.8) is 0 Å². The monoisotopic (exact) mass is 288 g/mol. The molecule has 0 spiro atoms. The van der Waals surface area contributed by atoms with Gasteiger partial charge in [0.1, 0.15) is 21.3 Å². The van der Waals surface area contributed by atoms with Crippen LogP contribution in [0.3, 0.4) is 0 Å². The van der Waals surface area contributed by atoms with E-state index >= 15 is 0 Å². The molecule has 0 amide bonds. The highest BCUT2D eigenvalue weighted by Gasteiger charge is 2.08. The average Bonchev–Trinajstić information content (AvgIpc) is 2.43. The summed E-state index contributed by atoms with van der Waals surface area (Å²) in [5.74, 6) is 1.42. The predicted octanol–water partition coefficient (Wildman–Crippen LogP) is 1.39. The zero-order chi connectivity index (χ0) is 14.3. The van der Waals surface area contributed by atoms with Gasteiger partial charge < -0.3 is 14.6 Å². The van der Waals surface area contributed by atoms with Gasteiger partial charge >= 0.3 is 0 Å². The number of benzene rings is 1. The maximum absolute atomic E-state index is 11.3. The van der Waals surface area contributed by atoms with Crippen molar-refractivity contribution in [1.82, 2.24) is 0 Å². The van der Waals surface area contributed by atoms with E-state index in [1.807, 2.05) is 0 Å². The summed E-state index contributed by atoms with van der Waals surface area (Å²) in [6.45, 7) is 1.79. The quantitative estimate of drug-likeness (QED) is 0.732. The fourth-order valence-corrected chi connectivity index (χ4v) is 2.38. The molecule has 0 saturated carbocycles. The van der Waals surface area contributed by atoms with Crippen LogP contribution in [0.15, 0.2) is 18.2 Å². The van der Waals surface area contributed by atoms with Gasteiger partial charge in [0.05, 0.1) is 26.1 Å². The van der Waals surface area contributed by atoms with Crippen LogP contribution in [0.25, 0.3) is 0 Å². The molecule has 0 unspecified atom stereocenters. The van der Waals surface area contributed by atoms with Crippen LogP contribution in [0.5, 0.6) is 11.5 Å². The van der Waals surface area contributed by atoms with Crippen molar-refractivity contribution < 1.29 is 23.0 Å². The van der Waals surface area contributed by atoms with Gasteiger partial charge in [0.2, 0.25) is 0 Å². The molecule has 1 aromatic carbocycles. The van der Waals surface area contributed by atoms with Crippen LogP contribution in [0, 0.1) is 0 Å². The second kappa shape index (κ2) is 7.35. The van der Waals surface area contributed by atoms with Crippen molar-refractivity contribution in [3.8, 4) is 11.5 Å². The summed E-state index contributed by atoms with van der Waals surface area (Å²) in [6, 6.07) is 5.14. The lowest BCUT2D eigenvalue weighted by Crippen LogP contribution is -2.12. The molecule has 0 heterocycles. The first-order valence-corrected chi connectivity index (χ1v) is 7.95. The summed E-state index contributed by atoms with van der Waals surface area (Å²) in [4.78, 5) is 0. The van der Waals surface area contributed by atoms with E-state index in [2.05, 4.69) is 0 Å². The van der Waals surface area contributed by atoms with Gasteiger partial charge in [-0.25, -0.2) is 8.42 Å². The van der Waals surface area contributed by atoms with E-state index in [4.69, 9.17) is 9.47 Å². The molecular weight excluding hydrogens is 268 g/mol. The van der Waals surface area contributed by atoms with Crippen molar-refractivity contribution in [2.24, 2.45) is 0 Å². The summed E-state index contributed by atoms with van der Waals surface area (Å²) in [7, 11) is -1.41. The molecule has 0 aliphatic rings. The van der Waals surface area contributed by atoms with Crippen LogP contribution in [-0.2, 0) is 16.4 Å². The molecule has 1 aromatic rings. The summed E-state index contributed by atoms with van der Waals surface area (Å²) < 4.78 is 33.2. The van der Waals surface area contributed by atoms with E-state index in [1.54, 1.807) is 32.2 Å². The molecule has 0 atom stereocenters. The molecule has 5 nitrogen and oxygen atoms in total. The predicted molar refractivity (Wildman–Crippen MR) is 73.4 cm³/mol. The van der Waals surface area contributed by atoms with Gasteiger partial charge in [-0.1, -0.05) is 6.92 Å². The second-order valence-corrected chi connectivity index (χ2v) is 6.54. The topological polar surface area (TPSA) is 72.8 Å². The molecule has 0 saturated heterocycles. The van der Waals surface area contributed by atoms with E-state index in [-0.39, 0.29) is 18.1 Å². The van der Waals surface area contributed by atoms with Crippen LogP contribution in [0.4, 0.5) is 0 Å². The van der Waals surface area contributed by atoms with Gasteiger partial charge in [0.25, 0.3) is 0 Å². The Morgan fingerprint density at radius 2 is 2.05 bits per heavy atom. The first-order chi connectivity index (χ1) is 9.02. The van der Waals surface area contributed by atoms with E-state index in [9.17, 15) is 13.5 Å². The van der Waals surface area contributed by atoms with Crippen molar-refractivity contribution in [2.45, 2.75) is 20.0 Å². The maximum Gasteiger partial charge on any atom is 0.150 e. The number of aliphatic hydroxyl groups excluding tert-OH is 1. The average molecular weight is 288 g/mol. The molecule has 0 aliphatic carbocycles. The van der Waals surface area contributed by atoms with Crippen molar-refractivity contribution >= 4 is 9.84 Å². The van der Waals surface area contributed by atoms with Gasteiger partial charge in [-0.15, -0.1) is 0 Å². The fourth-order valence-electron chi connectivity index (χ4n) is 1.53. The van der Waals surface area contributed by atoms with Crippen molar-refractivity contribution in [3.05, 3.63) is 23.8 Å². The van der Waals surface area contributed by atoms with Gasteiger partial charge in [-0.3, -0.25) is 0 Å². The zero-order valence-electron chi connectivity index (χ0n) is 11.3. The summed E-state index contributed by atoms with van der Waals surface area (Å²) >= 11 is 0. The Morgan fingerprint density at radius 1 is 1.32 bits per heavy atom. The highest BCUT2D eigenvalue weighted by atomic mass is 32.2. The van der Waals surface area contributed by atoms with Crippen molar-refractivity contribution in [2.75, 3.05) is 25.2 Å². The van der Waals surface area contributed by atoms with E-state index in [0.29, 0.717) is 30.1 Å². The van der Waals surface area contributed by atoms with Crippen LogP contribution in [0.2, 0.25) is 0 Å². The minimum atomic E-state index is -2.96. The summed E-state index contributed by atoms with van der Waals surface area (Å²) in [5.41, 5.74) is 0.652. The number of methoxy groups -OCH3 is 1. The smallest absolute Gasteiger partial charge is 0.150 e. The Bertz CT molecular complexity index is 496. The van der Waals surface area contributed by atoms with Gasteiger partial charge in [0.15, 0.2) is 0 Å². The molecule has 1 N–H and O–H groups in total. The zero-order valence-corrected chi connectivity index (χ0v) is 12.1. The van der Waals surface area contributed by atoms with Crippen molar-refractivity contribution in [1.29, 1.82) is 0 Å². The first-order valence-electron chi connectivity index (χ1n) is 6.13. The fraction of sp³-hybridized carbons (Fsp3) is 0.538. The third-order valence-electron chi connectivity index (χ3n) is 2.74. The Balaban J connectivity index is 2.57. The standard InChI is InChI=1S/C13H20O5S/c1-3-19(15,16)8-4-7-18-13-9-12(17-2)6-5-11(13)10-14/h5-6,9,14H,3-4,7-8,10H2,1-2H3. The lowest BCUT2D eigenvalue weighted by molar-refractivity contribution is 0.262. The van der Waals surface area contributed by atoms with E-state index in [0.717, 1.165) is 0 Å². The van der Waals surface area contributed by atoms with Gasteiger partial charge in [0, 0.05) is 17.4 Å². The van der Waals surface area contributed by atoms with E-state index in [1.165, 1.54) is 0 Å². The lowest BCUT2D eigenvalue weighted by atomic mass is 10.2. The number of hydrogen-bond donors (Lipinski definition) is 1. The molecule has 0 bridgehead atoms. The minimum absolute atomic E-state index is 0.113. The normalized spacial score (nSPS) is 11.3. The molecule has 19 heavy (non-hydrogen) atoms. The van der Waals surface area contributed by atoms with Gasteiger partial charge in [-0.2, -0.15) is 0 Å². The Morgan fingerprint density at radius 3 is 2.63 bits per heavy atom. The highest BCUT2D eigenvalue weighted by molar-refractivity contribution is 7.91.